The monoisotopic (exact) mass is 389 g/mol. The van der Waals surface area contributed by atoms with Gasteiger partial charge in [-0.05, 0) is 47.7 Å². The van der Waals surface area contributed by atoms with E-state index < -0.39 is 17.8 Å². The number of halogens is 3. The first kappa shape index (κ1) is 19.5. The predicted octanol–water partition coefficient (Wildman–Crippen LogP) is 4.63. The van der Waals surface area contributed by atoms with Crippen molar-refractivity contribution in [2.24, 2.45) is 0 Å². The number of urea groups is 1. The van der Waals surface area contributed by atoms with E-state index in [1.807, 2.05) is 24.3 Å². The van der Waals surface area contributed by atoms with Crippen molar-refractivity contribution in [3.63, 3.8) is 0 Å². The summed E-state index contributed by atoms with van der Waals surface area (Å²) >= 11 is 0. The van der Waals surface area contributed by atoms with E-state index in [-0.39, 0.29) is 11.4 Å². The largest absolute Gasteiger partial charge is 0.495 e. The third kappa shape index (κ3) is 4.70. The zero-order valence-corrected chi connectivity index (χ0v) is 15.0. The summed E-state index contributed by atoms with van der Waals surface area (Å²) in [6.45, 7) is 0.318. The Morgan fingerprint density at radius 1 is 1.11 bits per heavy atom. The number of nitrogens with zero attached hydrogens (tertiary/aromatic N) is 1. The highest BCUT2D eigenvalue weighted by Gasteiger charge is 2.31. The third-order valence-corrected chi connectivity index (χ3v) is 4.18. The molecule has 0 aliphatic heterocycles. The molecule has 2 amide bonds. The first-order chi connectivity index (χ1) is 13.4. The molecule has 0 aliphatic carbocycles. The maximum atomic E-state index is 12.9. The number of aromatic nitrogens is 1. The number of hydrogen-bond donors (Lipinski definition) is 2. The first-order valence-corrected chi connectivity index (χ1v) is 8.49. The summed E-state index contributed by atoms with van der Waals surface area (Å²) < 4.78 is 43.6. The van der Waals surface area contributed by atoms with Gasteiger partial charge in [-0.1, -0.05) is 12.1 Å². The minimum atomic E-state index is -4.51. The molecular formula is C20H18F3N3O2. The van der Waals surface area contributed by atoms with Crippen LogP contribution in [0.15, 0.2) is 54.9 Å². The number of benzene rings is 2. The van der Waals surface area contributed by atoms with Gasteiger partial charge in [0.15, 0.2) is 0 Å². The topological polar surface area (TPSA) is 63.2 Å². The minimum Gasteiger partial charge on any atom is -0.495 e. The van der Waals surface area contributed by atoms with Crippen molar-refractivity contribution in [3.8, 4) is 5.75 Å². The van der Waals surface area contributed by atoms with Crippen molar-refractivity contribution in [3.05, 3.63) is 66.0 Å². The fraction of sp³-hybridized carbons (Fsp3) is 0.200. The summed E-state index contributed by atoms with van der Waals surface area (Å²) in [6, 6.07) is 10.1. The van der Waals surface area contributed by atoms with Crippen LogP contribution in [0.5, 0.6) is 5.75 Å². The molecular weight excluding hydrogens is 371 g/mol. The Kier molecular flexibility index (Phi) is 5.67. The number of rotatable bonds is 5. The van der Waals surface area contributed by atoms with Crippen LogP contribution in [0, 0.1) is 0 Å². The van der Waals surface area contributed by atoms with Crippen LogP contribution in [0.2, 0.25) is 0 Å². The Balaban J connectivity index is 1.60. The summed E-state index contributed by atoms with van der Waals surface area (Å²) in [5.41, 5.74) is 0.0948. The molecule has 0 aliphatic rings. The Labute approximate surface area is 159 Å². The lowest BCUT2D eigenvalue weighted by atomic mass is 10.1. The van der Waals surface area contributed by atoms with Gasteiger partial charge in [0, 0.05) is 24.3 Å². The second kappa shape index (κ2) is 8.16. The number of carbonyl (C=O) groups excluding carboxylic acids is 1. The molecule has 0 bridgehead atoms. The number of anilines is 1. The highest BCUT2D eigenvalue weighted by molar-refractivity contribution is 5.91. The van der Waals surface area contributed by atoms with Gasteiger partial charge in [0.1, 0.15) is 5.75 Å². The second-order valence-corrected chi connectivity index (χ2v) is 6.10. The van der Waals surface area contributed by atoms with Crippen molar-refractivity contribution >= 4 is 22.5 Å². The maximum Gasteiger partial charge on any atom is 0.416 e. The quantitative estimate of drug-likeness (QED) is 0.669. The molecule has 146 valence electrons. The van der Waals surface area contributed by atoms with Crippen molar-refractivity contribution in [1.29, 1.82) is 0 Å². The molecule has 0 fully saturated rings. The number of hydrogen-bond acceptors (Lipinski definition) is 3. The van der Waals surface area contributed by atoms with Gasteiger partial charge >= 0.3 is 12.2 Å². The lowest BCUT2D eigenvalue weighted by molar-refractivity contribution is -0.137. The normalized spacial score (nSPS) is 11.3. The molecule has 3 rings (SSSR count). The molecule has 2 aromatic carbocycles. The van der Waals surface area contributed by atoms with Crippen molar-refractivity contribution in [2.45, 2.75) is 12.6 Å². The molecule has 0 radical (unpaired) electrons. The molecule has 2 N–H and O–H groups in total. The average molecular weight is 389 g/mol. The Hall–Kier alpha value is -3.29. The number of ether oxygens (including phenoxy) is 1. The van der Waals surface area contributed by atoms with E-state index in [1.165, 1.54) is 13.2 Å². The van der Waals surface area contributed by atoms with Gasteiger partial charge in [0.2, 0.25) is 0 Å². The van der Waals surface area contributed by atoms with E-state index in [0.717, 1.165) is 28.5 Å². The molecule has 1 heterocycles. The number of carbonyl (C=O) groups is 1. The first-order valence-electron chi connectivity index (χ1n) is 8.49. The second-order valence-electron chi connectivity index (χ2n) is 6.10. The minimum absolute atomic E-state index is 0.0494. The number of fused-ring (bicyclic) bond motifs is 1. The molecule has 1 aromatic heterocycles. The molecule has 8 heteroatoms. The molecule has 3 aromatic rings. The summed E-state index contributed by atoms with van der Waals surface area (Å²) in [6.07, 6.45) is -0.461. The molecule has 0 saturated heterocycles. The number of pyridine rings is 1. The van der Waals surface area contributed by atoms with Crippen LogP contribution in [0.3, 0.4) is 0 Å². The van der Waals surface area contributed by atoms with Crippen molar-refractivity contribution in [1.82, 2.24) is 10.3 Å². The van der Waals surface area contributed by atoms with Crippen molar-refractivity contribution in [2.75, 3.05) is 19.0 Å². The molecule has 0 atom stereocenters. The van der Waals surface area contributed by atoms with E-state index in [4.69, 9.17) is 4.74 Å². The van der Waals surface area contributed by atoms with Crippen LogP contribution >= 0.6 is 0 Å². The van der Waals surface area contributed by atoms with E-state index in [1.54, 1.807) is 12.4 Å². The van der Waals surface area contributed by atoms with Gasteiger partial charge in [0.05, 0.1) is 18.4 Å². The van der Waals surface area contributed by atoms with E-state index in [2.05, 4.69) is 15.6 Å². The SMILES string of the molecule is COc1ccc(C(F)(F)F)cc1NC(=O)NCCc1ccc2ccncc2c1. The van der Waals surface area contributed by atoms with Crippen LogP contribution < -0.4 is 15.4 Å². The van der Waals surface area contributed by atoms with E-state index >= 15 is 0 Å². The van der Waals surface area contributed by atoms with E-state index in [0.29, 0.717) is 13.0 Å². The van der Waals surface area contributed by atoms with Gasteiger partial charge < -0.3 is 15.4 Å². The Morgan fingerprint density at radius 3 is 2.68 bits per heavy atom. The number of nitrogens with one attached hydrogen (secondary N) is 2. The summed E-state index contributed by atoms with van der Waals surface area (Å²) in [4.78, 5) is 16.2. The summed E-state index contributed by atoms with van der Waals surface area (Å²) in [5, 5.41) is 7.11. The third-order valence-electron chi connectivity index (χ3n) is 4.18. The summed E-state index contributed by atoms with van der Waals surface area (Å²) in [5.74, 6) is 0.144. The highest BCUT2D eigenvalue weighted by Crippen LogP contribution is 2.34. The molecule has 0 unspecified atom stereocenters. The smallest absolute Gasteiger partial charge is 0.416 e. The van der Waals surface area contributed by atoms with Gasteiger partial charge in [-0.2, -0.15) is 13.2 Å². The maximum absolute atomic E-state index is 12.9. The number of alkyl halides is 3. The van der Waals surface area contributed by atoms with Crippen LogP contribution in [0.25, 0.3) is 10.8 Å². The van der Waals surface area contributed by atoms with Gasteiger partial charge in [-0.3, -0.25) is 4.98 Å². The van der Waals surface area contributed by atoms with Crippen LogP contribution in [0.4, 0.5) is 23.7 Å². The standard InChI is InChI=1S/C20H18F3N3O2/c1-28-18-5-4-16(20(21,22)23)11-17(18)26-19(27)25-9-6-13-2-3-14-7-8-24-12-15(14)10-13/h2-5,7-8,10-12H,6,9H2,1H3,(H2,25,26,27). The summed E-state index contributed by atoms with van der Waals surface area (Å²) in [7, 11) is 1.32. The van der Waals surface area contributed by atoms with Gasteiger partial charge in [-0.25, -0.2) is 4.79 Å². The fourth-order valence-corrected chi connectivity index (χ4v) is 2.76. The molecule has 0 saturated carbocycles. The van der Waals surface area contributed by atoms with Crippen molar-refractivity contribution < 1.29 is 22.7 Å². The molecule has 0 spiro atoms. The van der Waals surface area contributed by atoms with Crippen LogP contribution in [-0.2, 0) is 12.6 Å². The van der Waals surface area contributed by atoms with Gasteiger partial charge in [-0.15, -0.1) is 0 Å². The van der Waals surface area contributed by atoms with Gasteiger partial charge in [0.25, 0.3) is 0 Å². The zero-order valence-electron chi connectivity index (χ0n) is 15.0. The molecule has 28 heavy (non-hydrogen) atoms. The Bertz CT molecular complexity index is 990. The lowest BCUT2D eigenvalue weighted by Gasteiger charge is -2.14. The fourth-order valence-electron chi connectivity index (χ4n) is 2.76. The Morgan fingerprint density at radius 2 is 1.93 bits per heavy atom. The van der Waals surface area contributed by atoms with Crippen LogP contribution in [0.1, 0.15) is 11.1 Å². The van der Waals surface area contributed by atoms with Crippen LogP contribution in [-0.4, -0.2) is 24.7 Å². The predicted molar refractivity (Wildman–Crippen MR) is 100 cm³/mol. The van der Waals surface area contributed by atoms with E-state index in [9.17, 15) is 18.0 Å². The molecule has 5 nitrogen and oxygen atoms in total. The number of amides is 2. The average Bonchev–Trinajstić information content (AvgIpc) is 2.67. The lowest BCUT2D eigenvalue weighted by Crippen LogP contribution is -2.30. The highest BCUT2D eigenvalue weighted by atomic mass is 19.4. The zero-order chi connectivity index (χ0) is 20.1. The number of methoxy groups -OCH3 is 1.